The number of rotatable bonds is 3. The minimum atomic E-state index is -5.32. The van der Waals surface area contributed by atoms with Gasteiger partial charge in [-0.15, -0.1) is 0 Å². The van der Waals surface area contributed by atoms with Crippen LogP contribution in [0.5, 0.6) is 0 Å². The first-order valence-electron chi connectivity index (χ1n) is 4.93. The van der Waals surface area contributed by atoms with Gasteiger partial charge >= 0.3 is 165 Å². The Morgan fingerprint density at radius 1 is 1.10 bits per heavy atom. The Morgan fingerprint density at radius 2 is 1.70 bits per heavy atom. The van der Waals surface area contributed by atoms with E-state index in [-0.39, 0.29) is 63.5 Å². The van der Waals surface area contributed by atoms with E-state index >= 15 is 0 Å². The molecule has 20 heavy (non-hydrogen) atoms. The third-order valence-electron chi connectivity index (χ3n) is 2.12. The van der Waals surface area contributed by atoms with Crippen LogP contribution in [0, 0.1) is 0 Å². The van der Waals surface area contributed by atoms with Crippen LogP contribution >= 0.6 is 0 Å². The fraction of sp³-hybridized carbons (Fsp3) is 0. The number of benzene rings is 1. The Kier molecular flexibility index (Phi) is 8.66. The first-order valence-corrected chi connectivity index (χ1v) is 8.17. The molecular weight excluding hydrogens is 345 g/mol. The third kappa shape index (κ3) is 5.89. The van der Waals surface area contributed by atoms with Gasteiger partial charge in [0.25, 0.3) is 0 Å². The van der Waals surface area contributed by atoms with Crippen LogP contribution in [0.2, 0.25) is 0 Å². The molecule has 2 rings (SSSR count). The summed E-state index contributed by atoms with van der Waals surface area (Å²) in [7, 11) is 0. The van der Waals surface area contributed by atoms with Gasteiger partial charge in [-0.2, -0.15) is 0 Å². The van der Waals surface area contributed by atoms with Crippen LogP contribution in [0.15, 0.2) is 36.5 Å². The number of nitrogen functional groups attached to an aromatic ring is 1. The van der Waals surface area contributed by atoms with Crippen molar-refractivity contribution < 1.29 is 71.0 Å². The van der Waals surface area contributed by atoms with E-state index in [1.165, 1.54) is 30.5 Å². The Labute approximate surface area is 163 Å². The number of hydrogen-bond acceptors (Lipinski definition) is 7. The summed E-state index contributed by atoms with van der Waals surface area (Å²) in [6, 6.07) is 6.96. The maximum atomic E-state index is 10.8. The largest absolute Gasteiger partial charge is 1.00 e. The summed E-state index contributed by atoms with van der Waals surface area (Å²) in [4.78, 5) is 7.85. The van der Waals surface area contributed by atoms with Crippen LogP contribution in [0.4, 0.5) is 17.5 Å². The molecule has 1 aromatic carbocycles. The van der Waals surface area contributed by atoms with Crippen molar-refractivity contribution >= 4 is 36.0 Å². The fourth-order valence-electron chi connectivity index (χ4n) is 1.29. The van der Waals surface area contributed by atoms with Gasteiger partial charge in [0.05, 0.1) is 0 Å². The second kappa shape index (κ2) is 8.58. The summed E-state index contributed by atoms with van der Waals surface area (Å²) < 4.78 is 32.3. The van der Waals surface area contributed by atoms with Crippen LogP contribution in [0.1, 0.15) is 0 Å². The molecule has 0 unspecified atom stereocenters. The molecule has 0 saturated heterocycles. The smallest absolute Gasteiger partial charge is 1.00 e. The summed E-state index contributed by atoms with van der Waals surface area (Å²) in [5.74, 6) is 0.608. The SMILES string of the molecule is Nc1ccnc(Nc2ccc([As](=O)([O-])[O-])cc2)n1.[Na+].[Na+]. The number of hydrogen-bond donors (Lipinski definition) is 2. The van der Waals surface area contributed by atoms with E-state index in [1.54, 1.807) is 6.07 Å². The van der Waals surface area contributed by atoms with Crippen LogP contribution in [0.25, 0.3) is 0 Å². The number of nitrogens with zero attached hydrogens (tertiary/aromatic N) is 2. The minimum Gasteiger partial charge on any atom is 1.00 e. The van der Waals surface area contributed by atoms with E-state index in [1.807, 2.05) is 0 Å². The molecule has 0 bridgehead atoms. The molecule has 0 aliphatic rings. The van der Waals surface area contributed by atoms with Gasteiger partial charge in [0.1, 0.15) is 0 Å². The fourth-order valence-corrected chi connectivity index (χ4v) is 2.37. The Bertz CT molecular complexity index is 606. The molecule has 0 radical (unpaired) electrons. The van der Waals surface area contributed by atoms with E-state index in [0.29, 0.717) is 17.5 Å². The molecule has 10 heteroatoms. The van der Waals surface area contributed by atoms with Crippen molar-refractivity contribution in [1.82, 2.24) is 9.97 Å². The van der Waals surface area contributed by atoms with Crippen molar-refractivity contribution in [2.24, 2.45) is 0 Å². The van der Waals surface area contributed by atoms with Crippen molar-refractivity contribution in [3.05, 3.63) is 36.5 Å². The predicted molar refractivity (Wildman–Crippen MR) is 62.2 cm³/mol. The molecule has 0 atom stereocenters. The molecule has 94 valence electrons. The molecule has 0 aliphatic carbocycles. The van der Waals surface area contributed by atoms with Gasteiger partial charge in [-0.3, -0.25) is 0 Å². The number of nitrogens with one attached hydrogen (secondary N) is 1. The van der Waals surface area contributed by atoms with Gasteiger partial charge in [-0.25, -0.2) is 0 Å². The van der Waals surface area contributed by atoms with Gasteiger partial charge in [0, 0.05) is 0 Å². The Balaban J connectivity index is 0.00000180. The van der Waals surface area contributed by atoms with Crippen LogP contribution < -0.4 is 82.7 Å². The van der Waals surface area contributed by atoms with Gasteiger partial charge in [-0.1, -0.05) is 0 Å². The average Bonchev–Trinajstić information content (AvgIpc) is 2.28. The van der Waals surface area contributed by atoms with Crippen molar-refractivity contribution in [1.29, 1.82) is 0 Å². The first-order chi connectivity index (χ1) is 8.45. The molecule has 2 aromatic rings. The van der Waals surface area contributed by atoms with Gasteiger partial charge < -0.3 is 0 Å². The third-order valence-corrected chi connectivity index (χ3v) is 4.07. The molecule has 0 saturated carbocycles. The standard InChI is InChI=1S/C10H11AsN4O3.2Na/c12-9-5-6-13-10(15-9)14-8-3-1-7(2-4-8)11(16,17)18;;/h1-6H,(H2,16,17,18)(H3,12,13,14,15);;/q;2*+1/p-2. The van der Waals surface area contributed by atoms with Gasteiger partial charge in [0.2, 0.25) is 0 Å². The summed E-state index contributed by atoms with van der Waals surface area (Å²) >= 11 is -5.32. The number of anilines is 3. The monoisotopic (exact) mass is 354 g/mol. The van der Waals surface area contributed by atoms with Crippen molar-refractivity contribution in [2.75, 3.05) is 11.1 Å². The summed E-state index contributed by atoms with van der Waals surface area (Å²) in [5, 5.41) is 2.83. The van der Waals surface area contributed by atoms with E-state index in [9.17, 15) is 11.9 Å². The summed E-state index contributed by atoms with van der Waals surface area (Å²) in [5.41, 5.74) is 6.05. The summed E-state index contributed by atoms with van der Waals surface area (Å²) in [6.45, 7) is 0. The van der Waals surface area contributed by atoms with Crippen LogP contribution in [0.3, 0.4) is 0 Å². The molecule has 1 aromatic heterocycles. The van der Waals surface area contributed by atoms with E-state index < -0.39 is 14.2 Å². The minimum absolute atomic E-state index is 0. The molecule has 3 N–H and O–H groups in total. The Morgan fingerprint density at radius 3 is 2.20 bits per heavy atom. The maximum absolute atomic E-state index is 10.8. The quantitative estimate of drug-likeness (QED) is 0.524. The van der Waals surface area contributed by atoms with E-state index in [4.69, 9.17) is 5.73 Å². The zero-order valence-corrected chi connectivity index (χ0v) is 17.0. The zero-order chi connectivity index (χ0) is 13.2. The number of nitrogens with two attached hydrogens (primary N) is 1. The summed E-state index contributed by atoms with van der Waals surface area (Å²) in [6.07, 6.45) is 1.49. The molecule has 1 heterocycles. The molecule has 0 fully saturated rings. The van der Waals surface area contributed by atoms with Crippen molar-refractivity contribution in [2.45, 2.75) is 0 Å². The second-order valence-electron chi connectivity index (χ2n) is 3.47. The Hall–Kier alpha value is 0.178. The van der Waals surface area contributed by atoms with Gasteiger partial charge in [-0.05, 0) is 0 Å². The molecule has 0 spiro atoms. The van der Waals surface area contributed by atoms with Crippen molar-refractivity contribution in [3.63, 3.8) is 0 Å². The predicted octanol–water partition coefficient (Wildman–Crippen LogP) is -7.89. The maximum Gasteiger partial charge on any atom is 1.00 e. The van der Waals surface area contributed by atoms with Crippen LogP contribution in [-0.2, 0) is 3.74 Å². The average molecular weight is 354 g/mol. The second-order valence-corrected chi connectivity index (χ2v) is 6.65. The number of aromatic nitrogens is 2. The molecule has 0 amide bonds. The molecule has 0 aliphatic heterocycles. The zero-order valence-electron chi connectivity index (χ0n) is 11.1. The van der Waals surface area contributed by atoms with Gasteiger partial charge in [0.15, 0.2) is 0 Å². The van der Waals surface area contributed by atoms with E-state index in [2.05, 4.69) is 15.3 Å². The topological polar surface area (TPSA) is 127 Å². The van der Waals surface area contributed by atoms with Crippen molar-refractivity contribution in [3.8, 4) is 0 Å². The first kappa shape index (κ1) is 20.2. The van der Waals surface area contributed by atoms with E-state index in [0.717, 1.165) is 0 Å². The normalized spacial score (nSPS) is 10.1. The molecular formula is C10H9AsN4Na2O3. The van der Waals surface area contributed by atoms with Crippen LogP contribution in [-0.4, -0.2) is 24.1 Å². The molecule has 7 nitrogen and oxygen atoms in total.